The zero-order valence-electron chi connectivity index (χ0n) is 10.0. The van der Waals surface area contributed by atoms with Crippen LogP contribution in [-0.2, 0) is 4.79 Å². The first-order valence-corrected chi connectivity index (χ1v) is 6.23. The molecule has 0 fully saturated rings. The van der Waals surface area contributed by atoms with Crippen molar-refractivity contribution in [1.29, 1.82) is 0 Å². The number of hydrogen-bond acceptors (Lipinski definition) is 1. The molecule has 0 rings (SSSR count). The summed E-state index contributed by atoms with van der Waals surface area (Å²) in [7, 11) is 0. The Hall–Kier alpha value is -0.790. The van der Waals surface area contributed by atoms with E-state index in [4.69, 9.17) is 5.73 Å². The minimum Gasteiger partial charge on any atom is -0.366 e. The van der Waals surface area contributed by atoms with Crippen molar-refractivity contribution in [2.24, 2.45) is 5.73 Å². The molecule has 0 aromatic rings. The van der Waals surface area contributed by atoms with Gasteiger partial charge < -0.3 is 5.73 Å². The number of carbonyl (C=O) groups is 1. The number of rotatable bonds is 10. The van der Waals surface area contributed by atoms with Crippen molar-refractivity contribution in [3.8, 4) is 0 Å². The second-order valence-corrected chi connectivity index (χ2v) is 4.07. The second kappa shape index (κ2) is 11.3. The van der Waals surface area contributed by atoms with Crippen LogP contribution in [0.15, 0.2) is 12.2 Å². The number of carbonyl (C=O) groups excluding carboxylic acids is 1. The Kier molecular flexibility index (Phi) is 10.7. The van der Waals surface area contributed by atoms with Crippen LogP contribution in [0.2, 0.25) is 0 Å². The number of hydrogen-bond donors (Lipinski definition) is 1. The summed E-state index contributed by atoms with van der Waals surface area (Å²) in [5.41, 5.74) is 4.98. The van der Waals surface area contributed by atoms with E-state index in [-0.39, 0.29) is 5.91 Å². The van der Waals surface area contributed by atoms with Crippen molar-refractivity contribution in [1.82, 2.24) is 0 Å². The Balaban J connectivity index is 3.02. The molecule has 0 aromatic heterocycles. The highest BCUT2D eigenvalue weighted by Gasteiger charge is 1.90. The van der Waals surface area contributed by atoms with E-state index in [1.54, 1.807) is 0 Å². The summed E-state index contributed by atoms with van der Waals surface area (Å²) in [5.74, 6) is -0.338. The molecule has 0 spiro atoms. The van der Waals surface area contributed by atoms with Crippen LogP contribution in [0.1, 0.15) is 64.7 Å². The SMILES string of the molecule is CCCCCCCCCCC=CC(N)=O. The van der Waals surface area contributed by atoms with Crippen LogP contribution in [0.25, 0.3) is 0 Å². The maximum Gasteiger partial charge on any atom is 0.241 e. The van der Waals surface area contributed by atoms with Gasteiger partial charge in [0.2, 0.25) is 5.91 Å². The molecule has 2 nitrogen and oxygen atoms in total. The molecule has 0 aromatic carbocycles. The van der Waals surface area contributed by atoms with E-state index < -0.39 is 0 Å². The topological polar surface area (TPSA) is 43.1 Å². The van der Waals surface area contributed by atoms with Gasteiger partial charge in [-0.15, -0.1) is 0 Å². The third-order valence-electron chi connectivity index (χ3n) is 2.51. The molecule has 0 radical (unpaired) electrons. The molecule has 15 heavy (non-hydrogen) atoms. The van der Waals surface area contributed by atoms with Gasteiger partial charge in [0, 0.05) is 0 Å². The quantitative estimate of drug-likeness (QED) is 0.436. The van der Waals surface area contributed by atoms with Gasteiger partial charge in [-0.3, -0.25) is 4.79 Å². The maximum absolute atomic E-state index is 10.4. The average Bonchev–Trinajstić information content (AvgIpc) is 2.20. The van der Waals surface area contributed by atoms with Crippen LogP contribution in [0, 0.1) is 0 Å². The van der Waals surface area contributed by atoms with Crippen molar-refractivity contribution in [2.75, 3.05) is 0 Å². The van der Waals surface area contributed by atoms with Crippen LogP contribution in [0.4, 0.5) is 0 Å². The molecule has 0 bridgehead atoms. The van der Waals surface area contributed by atoms with E-state index in [1.807, 2.05) is 6.08 Å². The number of allylic oxidation sites excluding steroid dienone is 1. The van der Waals surface area contributed by atoms with Gasteiger partial charge in [0.25, 0.3) is 0 Å². The van der Waals surface area contributed by atoms with Crippen molar-refractivity contribution in [3.05, 3.63) is 12.2 Å². The van der Waals surface area contributed by atoms with Crippen LogP contribution in [0.3, 0.4) is 0 Å². The Labute approximate surface area is 93.9 Å². The van der Waals surface area contributed by atoms with E-state index in [2.05, 4.69) is 6.92 Å². The van der Waals surface area contributed by atoms with Crippen LogP contribution in [-0.4, -0.2) is 5.91 Å². The molecule has 0 aliphatic carbocycles. The lowest BCUT2D eigenvalue weighted by Crippen LogP contribution is -2.05. The van der Waals surface area contributed by atoms with E-state index in [9.17, 15) is 4.79 Å². The molecule has 0 atom stereocenters. The molecule has 0 heterocycles. The van der Waals surface area contributed by atoms with Gasteiger partial charge in [-0.2, -0.15) is 0 Å². The highest BCUT2D eigenvalue weighted by atomic mass is 16.1. The van der Waals surface area contributed by atoms with E-state index >= 15 is 0 Å². The summed E-state index contributed by atoms with van der Waals surface area (Å²) in [6.45, 7) is 2.24. The fraction of sp³-hybridized carbons (Fsp3) is 0.769. The Morgan fingerprint density at radius 2 is 1.53 bits per heavy atom. The number of primary amides is 1. The van der Waals surface area contributed by atoms with Crippen molar-refractivity contribution in [2.45, 2.75) is 64.7 Å². The molecule has 0 unspecified atom stereocenters. The monoisotopic (exact) mass is 211 g/mol. The third-order valence-corrected chi connectivity index (χ3v) is 2.51. The predicted molar refractivity (Wildman–Crippen MR) is 65.6 cm³/mol. The fourth-order valence-corrected chi connectivity index (χ4v) is 1.60. The summed E-state index contributed by atoms with van der Waals surface area (Å²) in [5, 5.41) is 0. The van der Waals surface area contributed by atoms with Crippen molar-refractivity contribution in [3.63, 3.8) is 0 Å². The molecule has 2 N–H and O–H groups in total. The summed E-state index contributed by atoms with van der Waals surface area (Å²) in [6, 6.07) is 0. The normalized spacial score (nSPS) is 11.0. The average molecular weight is 211 g/mol. The van der Waals surface area contributed by atoms with E-state index in [1.165, 1.54) is 57.4 Å². The summed E-state index contributed by atoms with van der Waals surface area (Å²) >= 11 is 0. The second-order valence-electron chi connectivity index (χ2n) is 4.07. The maximum atomic E-state index is 10.4. The zero-order valence-corrected chi connectivity index (χ0v) is 10.0. The minimum atomic E-state index is -0.338. The van der Waals surface area contributed by atoms with Gasteiger partial charge in [0.1, 0.15) is 0 Å². The minimum absolute atomic E-state index is 0.338. The molecule has 0 saturated carbocycles. The molecule has 0 aliphatic heterocycles. The van der Waals surface area contributed by atoms with Crippen LogP contribution >= 0.6 is 0 Å². The first-order valence-electron chi connectivity index (χ1n) is 6.23. The van der Waals surface area contributed by atoms with Crippen LogP contribution in [0.5, 0.6) is 0 Å². The summed E-state index contributed by atoms with van der Waals surface area (Å²) in [4.78, 5) is 10.4. The summed E-state index contributed by atoms with van der Waals surface area (Å²) < 4.78 is 0. The molecular formula is C13H25NO. The van der Waals surface area contributed by atoms with Crippen LogP contribution < -0.4 is 5.73 Å². The van der Waals surface area contributed by atoms with Gasteiger partial charge in [0.15, 0.2) is 0 Å². The van der Waals surface area contributed by atoms with Gasteiger partial charge in [-0.1, -0.05) is 57.9 Å². The molecule has 0 saturated heterocycles. The number of amides is 1. The Bertz CT molecular complexity index is 175. The molecular weight excluding hydrogens is 186 g/mol. The van der Waals surface area contributed by atoms with Gasteiger partial charge in [-0.25, -0.2) is 0 Å². The zero-order chi connectivity index (χ0) is 11.4. The largest absolute Gasteiger partial charge is 0.366 e. The standard InChI is InChI=1S/C13H25NO/c1-2-3-4-5-6-7-8-9-10-11-12-13(14)15/h11-12H,2-10H2,1H3,(H2,14,15). The number of unbranched alkanes of at least 4 members (excludes halogenated alkanes) is 8. The lowest BCUT2D eigenvalue weighted by atomic mass is 10.1. The predicted octanol–water partition coefficient (Wildman–Crippen LogP) is 3.56. The highest BCUT2D eigenvalue weighted by Crippen LogP contribution is 2.09. The molecule has 88 valence electrons. The van der Waals surface area contributed by atoms with Crippen molar-refractivity contribution >= 4 is 5.91 Å². The summed E-state index contributed by atoms with van der Waals surface area (Å²) in [6.07, 6.45) is 14.9. The Morgan fingerprint density at radius 1 is 1.00 bits per heavy atom. The van der Waals surface area contributed by atoms with Gasteiger partial charge in [-0.05, 0) is 18.9 Å². The Morgan fingerprint density at radius 3 is 2.07 bits per heavy atom. The molecule has 1 amide bonds. The molecule has 0 aliphatic rings. The highest BCUT2D eigenvalue weighted by molar-refractivity contribution is 5.85. The molecule has 2 heteroatoms. The van der Waals surface area contributed by atoms with E-state index in [0.29, 0.717) is 0 Å². The third kappa shape index (κ3) is 13.2. The van der Waals surface area contributed by atoms with E-state index in [0.717, 1.165) is 6.42 Å². The first-order chi connectivity index (χ1) is 7.27. The smallest absolute Gasteiger partial charge is 0.241 e. The number of nitrogens with two attached hydrogens (primary N) is 1. The first kappa shape index (κ1) is 14.2. The van der Waals surface area contributed by atoms with Crippen molar-refractivity contribution < 1.29 is 4.79 Å². The van der Waals surface area contributed by atoms with Gasteiger partial charge >= 0.3 is 0 Å². The van der Waals surface area contributed by atoms with Gasteiger partial charge in [0.05, 0.1) is 0 Å². The fourth-order valence-electron chi connectivity index (χ4n) is 1.60. The lowest BCUT2D eigenvalue weighted by Gasteiger charge is -1.99. The lowest BCUT2D eigenvalue weighted by molar-refractivity contribution is -0.113.